The van der Waals surface area contributed by atoms with Crippen molar-refractivity contribution in [1.29, 1.82) is 0 Å². The average molecular weight is 270 g/mol. The van der Waals surface area contributed by atoms with Crippen LogP contribution >= 0.6 is 11.6 Å². The van der Waals surface area contributed by atoms with Crippen molar-refractivity contribution in [3.63, 3.8) is 0 Å². The van der Waals surface area contributed by atoms with E-state index in [1.807, 2.05) is 18.2 Å². The topological polar surface area (TPSA) is 32.7 Å². The molecule has 3 nitrogen and oxygen atoms in total. The van der Waals surface area contributed by atoms with E-state index < -0.39 is 0 Å². The van der Waals surface area contributed by atoms with Crippen LogP contribution in [0, 0.1) is 5.41 Å². The summed E-state index contributed by atoms with van der Waals surface area (Å²) in [6, 6.07) is 8.19. The smallest absolute Gasteiger partial charge is 0.0579 e. The molecular weight excluding hydrogens is 250 g/mol. The van der Waals surface area contributed by atoms with Gasteiger partial charge < -0.3 is 9.84 Å². The molecule has 4 heteroatoms. The monoisotopic (exact) mass is 269 g/mol. The Morgan fingerprint density at radius 2 is 2.22 bits per heavy atom. The fourth-order valence-electron chi connectivity index (χ4n) is 2.31. The van der Waals surface area contributed by atoms with Gasteiger partial charge in [0.25, 0.3) is 0 Å². The zero-order valence-corrected chi connectivity index (χ0v) is 11.7. The molecule has 0 amide bonds. The minimum atomic E-state index is -0.0818. The van der Waals surface area contributed by atoms with Crippen LogP contribution in [0.4, 0.5) is 0 Å². The Hall–Kier alpha value is -0.610. The molecule has 1 N–H and O–H groups in total. The van der Waals surface area contributed by atoms with E-state index in [0.29, 0.717) is 13.2 Å². The van der Waals surface area contributed by atoms with Crippen LogP contribution in [0.3, 0.4) is 0 Å². The number of aliphatic hydroxyl groups excluding tert-OH is 1. The molecule has 1 saturated heterocycles. The maximum atomic E-state index is 9.45. The number of nitrogens with zero attached hydrogens (tertiary/aromatic N) is 1. The van der Waals surface area contributed by atoms with E-state index in [-0.39, 0.29) is 18.1 Å². The van der Waals surface area contributed by atoms with Crippen molar-refractivity contribution in [1.82, 2.24) is 4.90 Å². The second-order valence-electron chi connectivity index (χ2n) is 5.30. The van der Waals surface area contributed by atoms with Gasteiger partial charge in [0.15, 0.2) is 0 Å². The first kappa shape index (κ1) is 13.8. The number of rotatable bonds is 5. The van der Waals surface area contributed by atoms with E-state index >= 15 is 0 Å². The lowest BCUT2D eigenvalue weighted by Gasteiger charge is -2.43. The largest absolute Gasteiger partial charge is 0.396 e. The Morgan fingerprint density at radius 3 is 2.72 bits per heavy atom. The number of hydrogen-bond donors (Lipinski definition) is 1. The highest BCUT2D eigenvalue weighted by Gasteiger charge is 2.39. The second kappa shape index (κ2) is 5.57. The summed E-state index contributed by atoms with van der Waals surface area (Å²) in [7, 11) is 2.07. The van der Waals surface area contributed by atoms with E-state index in [1.165, 1.54) is 5.56 Å². The van der Waals surface area contributed by atoms with Crippen molar-refractivity contribution in [3.05, 3.63) is 34.9 Å². The molecule has 0 spiro atoms. The van der Waals surface area contributed by atoms with Gasteiger partial charge in [0.2, 0.25) is 0 Å². The van der Waals surface area contributed by atoms with Gasteiger partial charge in [-0.1, -0.05) is 23.7 Å². The molecule has 1 aliphatic rings. The van der Waals surface area contributed by atoms with Gasteiger partial charge in [0.05, 0.1) is 25.2 Å². The molecule has 100 valence electrons. The molecule has 1 unspecified atom stereocenters. The Bertz CT molecular complexity index is 401. The second-order valence-corrected chi connectivity index (χ2v) is 5.73. The number of hydrogen-bond acceptors (Lipinski definition) is 3. The fourth-order valence-corrected chi connectivity index (χ4v) is 2.51. The molecule has 0 bridgehead atoms. The molecule has 0 aromatic heterocycles. The fraction of sp³-hybridized carbons (Fsp3) is 0.571. The lowest BCUT2D eigenvalue weighted by Crippen LogP contribution is -2.52. The van der Waals surface area contributed by atoms with Crippen LogP contribution in [0.15, 0.2) is 24.3 Å². The summed E-state index contributed by atoms with van der Waals surface area (Å²) in [5.74, 6) is 0. The lowest BCUT2D eigenvalue weighted by molar-refractivity contribution is -0.149. The van der Waals surface area contributed by atoms with E-state index in [1.54, 1.807) is 0 Å². The van der Waals surface area contributed by atoms with Gasteiger partial charge in [-0.15, -0.1) is 0 Å². The Kier molecular flexibility index (Phi) is 4.28. The maximum Gasteiger partial charge on any atom is 0.0579 e. The Balaban J connectivity index is 2.02. The molecule has 0 aliphatic carbocycles. The van der Waals surface area contributed by atoms with Crippen LogP contribution in [0.2, 0.25) is 5.02 Å². The van der Waals surface area contributed by atoms with Crippen LogP contribution in [-0.2, 0) is 4.74 Å². The minimum Gasteiger partial charge on any atom is -0.396 e. The average Bonchev–Trinajstić information content (AvgIpc) is 2.32. The molecule has 1 aromatic carbocycles. The lowest BCUT2D eigenvalue weighted by atomic mass is 9.86. The SMILES string of the molecule is CC(c1cccc(Cl)c1)N(C)CC1(CO)COC1. The summed E-state index contributed by atoms with van der Waals surface area (Å²) >= 11 is 6.01. The molecule has 0 saturated carbocycles. The predicted molar refractivity (Wildman–Crippen MR) is 72.8 cm³/mol. The molecule has 1 fully saturated rings. The summed E-state index contributed by atoms with van der Waals surface area (Å²) in [5, 5.41) is 10.2. The normalized spacial score (nSPS) is 19.6. The third-order valence-electron chi connectivity index (χ3n) is 3.73. The highest BCUT2D eigenvalue weighted by Crippen LogP contribution is 2.31. The van der Waals surface area contributed by atoms with Crippen molar-refractivity contribution in [2.24, 2.45) is 5.41 Å². The first-order valence-corrected chi connectivity index (χ1v) is 6.58. The van der Waals surface area contributed by atoms with Crippen molar-refractivity contribution < 1.29 is 9.84 Å². The van der Waals surface area contributed by atoms with Gasteiger partial charge in [-0.05, 0) is 31.7 Å². The van der Waals surface area contributed by atoms with Gasteiger partial charge in [0, 0.05) is 17.6 Å². The molecule has 18 heavy (non-hydrogen) atoms. The van der Waals surface area contributed by atoms with Crippen LogP contribution in [0.25, 0.3) is 0 Å². The molecule has 0 radical (unpaired) electrons. The molecular formula is C14H20ClNO2. The summed E-state index contributed by atoms with van der Waals surface area (Å²) in [6.07, 6.45) is 0. The molecule has 1 atom stereocenters. The van der Waals surface area contributed by atoms with Gasteiger partial charge >= 0.3 is 0 Å². The quantitative estimate of drug-likeness (QED) is 0.891. The van der Waals surface area contributed by atoms with E-state index in [4.69, 9.17) is 16.3 Å². The summed E-state index contributed by atoms with van der Waals surface area (Å²) < 4.78 is 5.23. The van der Waals surface area contributed by atoms with Crippen molar-refractivity contribution >= 4 is 11.6 Å². The summed E-state index contributed by atoms with van der Waals surface area (Å²) in [4.78, 5) is 2.24. The van der Waals surface area contributed by atoms with Crippen LogP contribution in [0.1, 0.15) is 18.5 Å². The number of ether oxygens (including phenoxy) is 1. The van der Waals surface area contributed by atoms with E-state index in [2.05, 4.69) is 24.9 Å². The minimum absolute atomic E-state index is 0.0818. The van der Waals surface area contributed by atoms with Gasteiger partial charge in [-0.25, -0.2) is 0 Å². The predicted octanol–water partition coefficient (Wildman–Crippen LogP) is 2.34. The van der Waals surface area contributed by atoms with Crippen molar-refractivity contribution in [2.75, 3.05) is 33.4 Å². The highest BCUT2D eigenvalue weighted by atomic mass is 35.5. The first-order valence-electron chi connectivity index (χ1n) is 6.21. The summed E-state index contributed by atoms with van der Waals surface area (Å²) in [5.41, 5.74) is 1.11. The van der Waals surface area contributed by atoms with Gasteiger partial charge in [0.1, 0.15) is 0 Å². The molecule has 2 rings (SSSR count). The summed E-state index contributed by atoms with van der Waals surface area (Å²) in [6.45, 7) is 4.46. The number of halogens is 1. The van der Waals surface area contributed by atoms with Gasteiger partial charge in [-0.2, -0.15) is 0 Å². The molecule has 1 aliphatic heterocycles. The van der Waals surface area contributed by atoms with Crippen LogP contribution < -0.4 is 0 Å². The van der Waals surface area contributed by atoms with Crippen molar-refractivity contribution in [2.45, 2.75) is 13.0 Å². The number of aliphatic hydroxyl groups is 1. The zero-order chi connectivity index (χ0) is 13.2. The third kappa shape index (κ3) is 2.86. The Morgan fingerprint density at radius 1 is 1.50 bits per heavy atom. The van der Waals surface area contributed by atoms with Crippen LogP contribution in [-0.4, -0.2) is 43.4 Å². The van der Waals surface area contributed by atoms with E-state index in [0.717, 1.165) is 11.6 Å². The number of benzene rings is 1. The standard InChI is InChI=1S/C14H20ClNO2/c1-11(12-4-3-5-13(15)6-12)16(2)7-14(8-17)9-18-10-14/h3-6,11,17H,7-10H2,1-2H3. The third-order valence-corrected chi connectivity index (χ3v) is 3.96. The van der Waals surface area contributed by atoms with Crippen LogP contribution in [0.5, 0.6) is 0 Å². The maximum absolute atomic E-state index is 9.45. The van der Waals surface area contributed by atoms with Crippen molar-refractivity contribution in [3.8, 4) is 0 Å². The highest BCUT2D eigenvalue weighted by molar-refractivity contribution is 6.30. The first-order chi connectivity index (χ1) is 8.56. The van der Waals surface area contributed by atoms with E-state index in [9.17, 15) is 5.11 Å². The Labute approximate surface area is 113 Å². The zero-order valence-electron chi connectivity index (χ0n) is 10.9. The van der Waals surface area contributed by atoms with Gasteiger partial charge in [-0.3, -0.25) is 4.90 Å². The molecule has 1 aromatic rings. The molecule has 1 heterocycles.